The first-order valence-electron chi connectivity index (χ1n) is 12.6. The van der Waals surface area contributed by atoms with Crippen LogP contribution in [0.15, 0.2) is 54.9 Å². The Hall–Kier alpha value is -3.10. The van der Waals surface area contributed by atoms with Gasteiger partial charge in [0.15, 0.2) is 0 Å². The molecule has 1 amide bonds. The molecule has 8 nitrogen and oxygen atoms in total. The predicted molar refractivity (Wildman–Crippen MR) is 144 cm³/mol. The van der Waals surface area contributed by atoms with Crippen molar-refractivity contribution in [2.24, 2.45) is 5.92 Å². The van der Waals surface area contributed by atoms with Gasteiger partial charge >= 0.3 is 0 Å². The number of amides is 1. The molecule has 36 heavy (non-hydrogen) atoms. The van der Waals surface area contributed by atoms with E-state index in [9.17, 15) is 4.79 Å². The highest BCUT2D eigenvalue weighted by Crippen LogP contribution is 2.28. The van der Waals surface area contributed by atoms with E-state index >= 15 is 0 Å². The minimum atomic E-state index is -0.403. The maximum Gasteiger partial charge on any atom is 0.242 e. The van der Waals surface area contributed by atoms with Crippen molar-refractivity contribution in [2.75, 3.05) is 30.9 Å². The Morgan fingerprint density at radius 2 is 1.89 bits per heavy atom. The summed E-state index contributed by atoms with van der Waals surface area (Å²) in [7, 11) is 1.66. The van der Waals surface area contributed by atoms with E-state index in [4.69, 9.17) is 16.3 Å². The molecular formula is C27H35ClN6O2. The first-order valence-corrected chi connectivity index (χ1v) is 13.0. The lowest BCUT2D eigenvalue weighted by atomic mass is 9.84. The van der Waals surface area contributed by atoms with Crippen molar-refractivity contribution in [3.63, 3.8) is 0 Å². The first kappa shape index (κ1) is 26.0. The average Bonchev–Trinajstić information content (AvgIpc) is 3.44. The molecule has 1 unspecified atom stereocenters. The molecule has 0 aliphatic heterocycles. The number of benzene rings is 1. The topological polar surface area (TPSA) is 93.1 Å². The summed E-state index contributed by atoms with van der Waals surface area (Å²) in [6, 6.07) is 12.9. The molecule has 3 aromatic rings. The molecule has 1 aliphatic rings. The van der Waals surface area contributed by atoms with Crippen LogP contribution in [0, 0.1) is 5.92 Å². The molecule has 0 saturated heterocycles. The predicted octanol–water partition coefficient (Wildman–Crippen LogP) is 5.05. The van der Waals surface area contributed by atoms with Crippen LogP contribution in [-0.2, 0) is 16.1 Å². The number of halogens is 1. The smallest absolute Gasteiger partial charge is 0.242 e. The number of carbonyl (C=O) groups is 1. The summed E-state index contributed by atoms with van der Waals surface area (Å²) >= 11 is 6.00. The molecule has 0 bridgehead atoms. The van der Waals surface area contributed by atoms with Gasteiger partial charge in [-0.2, -0.15) is 9.97 Å². The van der Waals surface area contributed by atoms with Crippen molar-refractivity contribution >= 4 is 29.3 Å². The lowest BCUT2D eigenvalue weighted by Crippen LogP contribution is -2.41. The molecule has 192 valence electrons. The molecule has 1 fully saturated rings. The van der Waals surface area contributed by atoms with Gasteiger partial charge in [0.1, 0.15) is 17.7 Å². The largest absolute Gasteiger partial charge is 0.383 e. The number of hydrogen-bond acceptors (Lipinski definition) is 6. The maximum atomic E-state index is 13.4. The fraction of sp³-hybridized carbons (Fsp3) is 0.444. The van der Waals surface area contributed by atoms with E-state index < -0.39 is 6.04 Å². The highest BCUT2D eigenvalue weighted by atomic mass is 35.5. The minimum absolute atomic E-state index is 0.0365. The summed E-state index contributed by atoms with van der Waals surface area (Å²) in [5.74, 6) is 2.29. The van der Waals surface area contributed by atoms with Crippen molar-refractivity contribution in [2.45, 2.75) is 51.1 Å². The third kappa shape index (κ3) is 7.70. The lowest BCUT2D eigenvalue weighted by Gasteiger charge is -2.27. The van der Waals surface area contributed by atoms with E-state index in [-0.39, 0.29) is 5.91 Å². The normalized spacial score (nSPS) is 14.8. The van der Waals surface area contributed by atoms with E-state index in [0.29, 0.717) is 42.4 Å². The van der Waals surface area contributed by atoms with Gasteiger partial charge in [0.05, 0.1) is 6.61 Å². The number of aromatic nitrogens is 3. The zero-order chi connectivity index (χ0) is 25.2. The molecule has 1 atom stereocenters. The van der Waals surface area contributed by atoms with Crippen LogP contribution < -0.4 is 16.0 Å². The minimum Gasteiger partial charge on any atom is -0.383 e. The van der Waals surface area contributed by atoms with E-state index in [1.165, 1.54) is 19.3 Å². The Labute approximate surface area is 217 Å². The second kappa shape index (κ2) is 13.3. The fourth-order valence-electron chi connectivity index (χ4n) is 4.55. The standard InChI is InChI=1S/C27H35ClN6O2/c1-36-16-13-29-27-32-24(18-25(33-27)34-14-5-6-15-34)31-23(17-20-7-3-2-4-8-20)26(35)30-19-21-9-11-22(28)12-10-21/h5-6,9-12,14-15,18,20,23H,2-4,7-8,13,16-17,19H2,1H3,(H,30,35)(H2,29,31,32,33). The highest BCUT2D eigenvalue weighted by molar-refractivity contribution is 6.30. The van der Waals surface area contributed by atoms with Crippen molar-refractivity contribution in [3.8, 4) is 5.82 Å². The summed E-state index contributed by atoms with van der Waals surface area (Å²) < 4.78 is 7.07. The van der Waals surface area contributed by atoms with Gasteiger partial charge in [-0.05, 0) is 42.2 Å². The van der Waals surface area contributed by atoms with Crippen LogP contribution in [0.5, 0.6) is 0 Å². The number of hydrogen-bond donors (Lipinski definition) is 3. The Morgan fingerprint density at radius 3 is 2.61 bits per heavy atom. The van der Waals surface area contributed by atoms with Crippen molar-refractivity contribution in [1.82, 2.24) is 19.9 Å². The fourth-order valence-corrected chi connectivity index (χ4v) is 4.68. The second-order valence-corrected chi connectivity index (χ2v) is 9.66. The SMILES string of the molecule is COCCNc1nc(NC(CC2CCCCC2)C(=O)NCc2ccc(Cl)cc2)cc(-n2cccc2)n1. The van der Waals surface area contributed by atoms with Crippen LogP contribution in [0.4, 0.5) is 11.8 Å². The molecule has 0 radical (unpaired) electrons. The van der Waals surface area contributed by atoms with Gasteiger partial charge in [0.2, 0.25) is 11.9 Å². The van der Waals surface area contributed by atoms with Crippen molar-refractivity contribution in [1.29, 1.82) is 0 Å². The molecule has 1 aromatic carbocycles. The van der Waals surface area contributed by atoms with Crippen molar-refractivity contribution in [3.05, 3.63) is 65.4 Å². The van der Waals surface area contributed by atoms with E-state index in [2.05, 4.69) is 25.9 Å². The highest BCUT2D eigenvalue weighted by Gasteiger charge is 2.25. The molecule has 1 aliphatic carbocycles. The van der Waals surface area contributed by atoms with Crippen LogP contribution in [0.2, 0.25) is 5.02 Å². The number of carbonyl (C=O) groups excluding carboxylic acids is 1. The van der Waals surface area contributed by atoms with Gasteiger partial charge in [-0.15, -0.1) is 0 Å². The van der Waals surface area contributed by atoms with Gasteiger partial charge in [-0.1, -0.05) is 55.8 Å². The van der Waals surface area contributed by atoms with E-state index in [1.54, 1.807) is 7.11 Å². The van der Waals surface area contributed by atoms with Crippen molar-refractivity contribution < 1.29 is 9.53 Å². The number of ether oxygens (including phenoxy) is 1. The number of nitrogens with zero attached hydrogens (tertiary/aromatic N) is 3. The van der Waals surface area contributed by atoms with Crippen LogP contribution in [-0.4, -0.2) is 46.7 Å². The molecule has 1 saturated carbocycles. The Balaban J connectivity index is 1.52. The molecule has 0 spiro atoms. The van der Waals surface area contributed by atoms with Crippen LogP contribution in [0.25, 0.3) is 5.82 Å². The van der Waals surface area contributed by atoms with Gasteiger partial charge in [-0.3, -0.25) is 4.79 Å². The Bertz CT molecular complexity index is 1080. The first-order chi connectivity index (χ1) is 17.6. The second-order valence-electron chi connectivity index (χ2n) is 9.23. The quantitative estimate of drug-likeness (QED) is 0.295. The third-order valence-corrected chi connectivity index (χ3v) is 6.74. The summed E-state index contributed by atoms with van der Waals surface area (Å²) in [6.07, 6.45) is 10.7. The van der Waals surface area contributed by atoms with Crippen LogP contribution in [0.3, 0.4) is 0 Å². The van der Waals surface area contributed by atoms with Crippen LogP contribution in [0.1, 0.15) is 44.1 Å². The maximum absolute atomic E-state index is 13.4. The van der Waals surface area contributed by atoms with Gasteiger partial charge in [0, 0.05) is 43.7 Å². The number of methoxy groups -OCH3 is 1. The molecule has 2 heterocycles. The van der Waals surface area contributed by atoms with Gasteiger partial charge in [0.25, 0.3) is 0 Å². The molecule has 4 rings (SSSR count). The summed E-state index contributed by atoms with van der Waals surface area (Å²) in [4.78, 5) is 22.7. The third-order valence-electron chi connectivity index (χ3n) is 6.48. The van der Waals surface area contributed by atoms with Gasteiger partial charge in [-0.25, -0.2) is 0 Å². The van der Waals surface area contributed by atoms with Gasteiger partial charge < -0.3 is 25.3 Å². The average molecular weight is 511 g/mol. The zero-order valence-electron chi connectivity index (χ0n) is 20.8. The molecular weight excluding hydrogens is 476 g/mol. The number of rotatable bonds is 12. The Kier molecular flexibility index (Phi) is 9.58. The summed E-state index contributed by atoms with van der Waals surface area (Å²) in [5, 5.41) is 10.4. The summed E-state index contributed by atoms with van der Waals surface area (Å²) in [6.45, 7) is 1.57. The molecule has 2 aromatic heterocycles. The Morgan fingerprint density at radius 1 is 1.14 bits per heavy atom. The van der Waals surface area contributed by atoms with Crippen LogP contribution >= 0.6 is 11.6 Å². The summed E-state index contributed by atoms with van der Waals surface area (Å²) in [5.41, 5.74) is 1.01. The monoisotopic (exact) mass is 510 g/mol. The molecule has 9 heteroatoms. The number of nitrogens with one attached hydrogen (secondary N) is 3. The zero-order valence-corrected chi connectivity index (χ0v) is 21.5. The van der Waals surface area contributed by atoms with E-state index in [0.717, 1.165) is 30.6 Å². The lowest BCUT2D eigenvalue weighted by molar-refractivity contribution is -0.122. The number of anilines is 2. The van der Waals surface area contributed by atoms with E-state index in [1.807, 2.05) is 59.4 Å². The molecule has 3 N–H and O–H groups in total.